The highest BCUT2D eigenvalue weighted by atomic mass is 16.5. The lowest BCUT2D eigenvalue weighted by atomic mass is 9.47. The zero-order valence-corrected chi connectivity index (χ0v) is 22.2. The Bertz CT molecular complexity index is 750. The van der Waals surface area contributed by atoms with E-state index >= 15 is 0 Å². The van der Waals surface area contributed by atoms with Crippen molar-refractivity contribution < 1.29 is 9.53 Å². The van der Waals surface area contributed by atoms with Crippen LogP contribution in [0.15, 0.2) is 24.3 Å². The molecule has 0 saturated heterocycles. The number of rotatable bonds is 8. The van der Waals surface area contributed by atoms with Crippen LogP contribution >= 0.6 is 0 Å². The second-order valence-corrected chi connectivity index (χ2v) is 13.1. The SMILES string of the molecule is C=CCC(=O)OC1CC[C@@]2(C)C(=CCC3C2CC[C@@]2(C)C3CC[C@@H]2[C@H](C)CCCC(C)C)C1. The van der Waals surface area contributed by atoms with E-state index in [-0.39, 0.29) is 12.1 Å². The molecule has 8 atom stereocenters. The predicted molar refractivity (Wildman–Crippen MR) is 138 cm³/mol. The van der Waals surface area contributed by atoms with E-state index in [1.54, 1.807) is 11.6 Å². The van der Waals surface area contributed by atoms with Crippen LogP contribution in [0.3, 0.4) is 0 Å². The number of hydrogen-bond donors (Lipinski definition) is 0. The van der Waals surface area contributed by atoms with Gasteiger partial charge in [-0.25, -0.2) is 0 Å². The molecule has 2 nitrogen and oxygen atoms in total. The van der Waals surface area contributed by atoms with Crippen molar-refractivity contribution >= 4 is 5.97 Å². The molecular weight excluding hydrogens is 404 g/mol. The third-order valence-electron chi connectivity index (χ3n) is 10.9. The van der Waals surface area contributed by atoms with Crippen LogP contribution in [0.5, 0.6) is 0 Å². The first-order chi connectivity index (χ1) is 15.7. The number of hydrogen-bond acceptors (Lipinski definition) is 2. The Morgan fingerprint density at radius 1 is 1.12 bits per heavy atom. The summed E-state index contributed by atoms with van der Waals surface area (Å²) in [5.41, 5.74) is 2.48. The molecule has 186 valence electrons. The van der Waals surface area contributed by atoms with E-state index in [9.17, 15) is 4.79 Å². The minimum atomic E-state index is -0.110. The summed E-state index contributed by atoms with van der Waals surface area (Å²) in [6.07, 6.45) is 19.0. The number of fused-ring (bicyclic) bond motifs is 5. The summed E-state index contributed by atoms with van der Waals surface area (Å²) in [5, 5.41) is 0. The van der Waals surface area contributed by atoms with Gasteiger partial charge in [0.25, 0.3) is 0 Å². The van der Waals surface area contributed by atoms with Gasteiger partial charge in [0, 0.05) is 6.42 Å². The molecule has 0 N–H and O–H groups in total. The molecule has 2 heteroatoms. The summed E-state index contributed by atoms with van der Waals surface area (Å²) in [7, 11) is 0. The Morgan fingerprint density at radius 3 is 2.64 bits per heavy atom. The van der Waals surface area contributed by atoms with E-state index in [1.807, 2.05) is 0 Å². The minimum Gasteiger partial charge on any atom is -0.462 e. The Kier molecular flexibility index (Phi) is 7.52. The van der Waals surface area contributed by atoms with Crippen molar-refractivity contribution in [1.82, 2.24) is 0 Å². The highest BCUT2D eigenvalue weighted by Gasteiger charge is 2.59. The molecule has 0 amide bonds. The van der Waals surface area contributed by atoms with E-state index in [0.29, 0.717) is 17.3 Å². The van der Waals surface area contributed by atoms with E-state index < -0.39 is 0 Å². The van der Waals surface area contributed by atoms with Crippen LogP contribution < -0.4 is 0 Å². The predicted octanol–water partition coefficient (Wildman–Crippen LogP) is 8.52. The fraction of sp³-hybridized carbons (Fsp3) is 0.839. The molecule has 4 aliphatic rings. The molecule has 0 aromatic carbocycles. The summed E-state index contributed by atoms with van der Waals surface area (Å²) < 4.78 is 5.78. The van der Waals surface area contributed by atoms with E-state index in [1.165, 1.54) is 57.8 Å². The van der Waals surface area contributed by atoms with Gasteiger partial charge in [0.2, 0.25) is 0 Å². The standard InChI is InChI=1S/C31H50O2/c1-7-9-29(32)33-24-16-18-30(5)23(20-24)12-13-25-27-15-14-26(22(4)11-8-10-21(2)3)31(27,6)19-17-28(25)30/h7,12,21-22,24-28H,1,8-11,13-20H2,2-6H3/t22-,24?,25?,26-,27?,28?,30+,31-/m1/s1. The molecule has 3 fully saturated rings. The van der Waals surface area contributed by atoms with Crippen molar-refractivity contribution in [2.24, 2.45) is 46.3 Å². The van der Waals surface area contributed by atoms with Crippen molar-refractivity contribution in [1.29, 1.82) is 0 Å². The van der Waals surface area contributed by atoms with Gasteiger partial charge in [-0.15, -0.1) is 6.58 Å². The Labute approximate surface area is 204 Å². The maximum Gasteiger partial charge on any atom is 0.309 e. The molecule has 4 rings (SSSR count). The van der Waals surface area contributed by atoms with Crippen LogP contribution in [-0.4, -0.2) is 12.1 Å². The number of carbonyl (C=O) groups excluding carboxylic acids is 1. The van der Waals surface area contributed by atoms with Crippen molar-refractivity contribution in [3.8, 4) is 0 Å². The van der Waals surface area contributed by atoms with Gasteiger partial charge in [-0.1, -0.05) is 71.6 Å². The van der Waals surface area contributed by atoms with Crippen LogP contribution in [0.1, 0.15) is 112 Å². The maximum atomic E-state index is 12.0. The van der Waals surface area contributed by atoms with Crippen LogP contribution in [-0.2, 0) is 9.53 Å². The van der Waals surface area contributed by atoms with Crippen LogP contribution in [0.4, 0.5) is 0 Å². The van der Waals surface area contributed by atoms with Gasteiger partial charge in [-0.2, -0.15) is 0 Å². The average molecular weight is 455 g/mol. The summed E-state index contributed by atoms with van der Waals surface area (Å²) in [5.74, 6) is 5.13. The lowest BCUT2D eigenvalue weighted by Gasteiger charge is -2.58. The van der Waals surface area contributed by atoms with Crippen LogP contribution in [0.2, 0.25) is 0 Å². The van der Waals surface area contributed by atoms with Gasteiger partial charge in [-0.3, -0.25) is 4.79 Å². The first-order valence-electron chi connectivity index (χ1n) is 14.2. The quantitative estimate of drug-likeness (QED) is 0.271. The summed E-state index contributed by atoms with van der Waals surface area (Å²) in [6, 6.07) is 0. The third-order valence-corrected chi connectivity index (χ3v) is 10.9. The molecule has 0 heterocycles. The summed E-state index contributed by atoms with van der Waals surface area (Å²) >= 11 is 0. The Balaban J connectivity index is 1.44. The van der Waals surface area contributed by atoms with Crippen molar-refractivity contribution in [2.45, 2.75) is 118 Å². The third kappa shape index (κ3) is 4.74. The molecular formula is C31H50O2. The number of carbonyl (C=O) groups is 1. The largest absolute Gasteiger partial charge is 0.462 e. The van der Waals surface area contributed by atoms with Crippen LogP contribution in [0, 0.1) is 46.3 Å². The van der Waals surface area contributed by atoms with Crippen molar-refractivity contribution in [2.75, 3.05) is 0 Å². The zero-order valence-electron chi connectivity index (χ0n) is 22.2. The smallest absolute Gasteiger partial charge is 0.309 e. The monoisotopic (exact) mass is 454 g/mol. The fourth-order valence-electron chi connectivity index (χ4n) is 9.10. The summed E-state index contributed by atoms with van der Waals surface area (Å²) in [4.78, 5) is 12.0. The molecule has 0 spiro atoms. The topological polar surface area (TPSA) is 26.3 Å². The van der Waals surface area contributed by atoms with Gasteiger partial charge in [0.15, 0.2) is 0 Å². The lowest BCUT2D eigenvalue weighted by molar-refractivity contribution is -0.150. The Morgan fingerprint density at radius 2 is 1.91 bits per heavy atom. The number of allylic oxidation sites excluding steroid dienone is 1. The van der Waals surface area contributed by atoms with Crippen LogP contribution in [0.25, 0.3) is 0 Å². The molecule has 0 bridgehead atoms. The zero-order chi connectivity index (χ0) is 23.8. The molecule has 0 aromatic heterocycles. The fourth-order valence-corrected chi connectivity index (χ4v) is 9.10. The molecule has 0 radical (unpaired) electrons. The first-order valence-corrected chi connectivity index (χ1v) is 14.2. The molecule has 3 saturated carbocycles. The molecule has 0 aromatic rings. The van der Waals surface area contributed by atoms with E-state index in [2.05, 4.69) is 47.3 Å². The van der Waals surface area contributed by atoms with Gasteiger partial charge in [-0.05, 0) is 91.3 Å². The first kappa shape index (κ1) is 25.1. The second-order valence-electron chi connectivity index (χ2n) is 13.1. The average Bonchev–Trinajstić information content (AvgIpc) is 3.11. The molecule has 4 aliphatic carbocycles. The van der Waals surface area contributed by atoms with Crippen molar-refractivity contribution in [3.05, 3.63) is 24.3 Å². The van der Waals surface area contributed by atoms with Gasteiger partial charge in [0.1, 0.15) is 6.10 Å². The van der Waals surface area contributed by atoms with E-state index in [4.69, 9.17) is 4.74 Å². The van der Waals surface area contributed by atoms with Gasteiger partial charge >= 0.3 is 5.97 Å². The van der Waals surface area contributed by atoms with E-state index in [0.717, 1.165) is 48.3 Å². The maximum absolute atomic E-state index is 12.0. The molecule has 33 heavy (non-hydrogen) atoms. The highest BCUT2D eigenvalue weighted by Crippen LogP contribution is 2.67. The normalized spacial score (nSPS) is 40.9. The van der Waals surface area contributed by atoms with Gasteiger partial charge < -0.3 is 4.74 Å². The molecule has 4 unspecified atom stereocenters. The number of esters is 1. The highest BCUT2D eigenvalue weighted by molar-refractivity contribution is 5.71. The molecule has 0 aliphatic heterocycles. The Hall–Kier alpha value is -1.05. The van der Waals surface area contributed by atoms with Crippen molar-refractivity contribution in [3.63, 3.8) is 0 Å². The van der Waals surface area contributed by atoms with Gasteiger partial charge in [0.05, 0.1) is 6.42 Å². The lowest BCUT2D eigenvalue weighted by Crippen LogP contribution is -2.51. The summed E-state index contributed by atoms with van der Waals surface area (Å²) in [6.45, 7) is 16.2. The second kappa shape index (κ2) is 9.90. The number of ether oxygens (including phenoxy) is 1. The minimum absolute atomic E-state index is 0.0738.